The van der Waals surface area contributed by atoms with Gasteiger partial charge in [0.2, 0.25) is 0 Å². The molecule has 5 rings (SSSR count). The third-order valence-corrected chi connectivity index (χ3v) is 6.87. The lowest BCUT2D eigenvalue weighted by molar-refractivity contribution is -0.384. The van der Waals surface area contributed by atoms with Crippen LogP contribution in [0.2, 0.25) is 0 Å². The Morgan fingerprint density at radius 1 is 1.03 bits per heavy atom. The van der Waals surface area contributed by atoms with E-state index in [9.17, 15) is 14.9 Å². The molecule has 1 amide bonds. The second-order valence-electron chi connectivity index (χ2n) is 8.34. The monoisotopic (exact) mass is 482 g/mol. The number of amidine groups is 1. The summed E-state index contributed by atoms with van der Waals surface area (Å²) in [7, 11) is 0. The van der Waals surface area contributed by atoms with E-state index >= 15 is 0 Å². The maximum absolute atomic E-state index is 12.7. The molecule has 1 aliphatic rings. The van der Waals surface area contributed by atoms with Gasteiger partial charge in [0.25, 0.3) is 11.6 Å². The van der Waals surface area contributed by atoms with Crippen molar-refractivity contribution in [2.24, 2.45) is 4.99 Å². The Morgan fingerprint density at radius 2 is 1.74 bits per heavy atom. The fourth-order valence-corrected chi connectivity index (χ4v) is 4.92. The second-order valence-corrected chi connectivity index (χ2v) is 9.37. The quantitative estimate of drug-likeness (QED) is 0.211. The number of aryl methyl sites for hydroxylation is 1. The van der Waals surface area contributed by atoms with Gasteiger partial charge in [0, 0.05) is 40.8 Å². The van der Waals surface area contributed by atoms with E-state index in [1.807, 2.05) is 68.5 Å². The van der Waals surface area contributed by atoms with Crippen molar-refractivity contribution in [3.63, 3.8) is 0 Å². The maximum Gasteiger partial charge on any atom is 0.269 e. The normalized spacial score (nSPS) is 15.8. The molecule has 0 radical (unpaired) electrons. The van der Waals surface area contributed by atoms with Gasteiger partial charge in [0.1, 0.15) is 0 Å². The van der Waals surface area contributed by atoms with E-state index in [2.05, 4.69) is 14.9 Å². The summed E-state index contributed by atoms with van der Waals surface area (Å²) in [6.07, 6.45) is 1.92. The highest BCUT2D eigenvalue weighted by Crippen LogP contribution is 2.33. The lowest BCUT2D eigenvalue weighted by atomic mass is 10.1. The van der Waals surface area contributed by atoms with Crippen molar-refractivity contribution in [1.29, 1.82) is 0 Å². The standard InChI is InChI=1S/C27H22N4O3S/c1-17-7-11-20(12-8-17)28-27-29-26(32)25(35-27)15-23-18(2)30(24-6-4-3-5-22(23)24)16-19-9-13-21(14-10-19)31(33)34/h3-15H,16H2,1-2H3,(H,28,29,32)/b25-15+. The highest BCUT2D eigenvalue weighted by Gasteiger charge is 2.25. The Labute approximate surface area is 206 Å². The Kier molecular flexibility index (Phi) is 5.96. The van der Waals surface area contributed by atoms with Crippen LogP contribution in [0.5, 0.6) is 0 Å². The molecule has 0 atom stereocenters. The van der Waals surface area contributed by atoms with E-state index in [1.165, 1.54) is 23.9 Å². The topological polar surface area (TPSA) is 89.5 Å². The first kappa shape index (κ1) is 22.6. The Hall–Kier alpha value is -4.17. The molecule has 8 heteroatoms. The zero-order valence-electron chi connectivity index (χ0n) is 19.2. The van der Waals surface area contributed by atoms with Gasteiger partial charge >= 0.3 is 0 Å². The molecule has 0 saturated carbocycles. The summed E-state index contributed by atoms with van der Waals surface area (Å²) in [5, 5.41) is 15.4. The molecule has 35 heavy (non-hydrogen) atoms. The number of thioether (sulfide) groups is 1. The number of aromatic nitrogens is 1. The molecule has 1 aromatic heterocycles. The Bertz CT molecular complexity index is 1520. The number of hydrogen-bond donors (Lipinski definition) is 1. The van der Waals surface area contributed by atoms with Crippen LogP contribution < -0.4 is 5.32 Å². The number of nitrogens with zero attached hydrogens (tertiary/aromatic N) is 3. The molecule has 7 nitrogen and oxygen atoms in total. The van der Waals surface area contributed by atoms with Gasteiger partial charge in [-0.3, -0.25) is 14.9 Å². The van der Waals surface area contributed by atoms with Crippen molar-refractivity contribution in [3.05, 3.63) is 110 Å². The van der Waals surface area contributed by atoms with Crippen LogP contribution in [0.15, 0.2) is 82.7 Å². The van der Waals surface area contributed by atoms with Crippen LogP contribution >= 0.6 is 11.8 Å². The highest BCUT2D eigenvalue weighted by molar-refractivity contribution is 8.18. The van der Waals surface area contributed by atoms with Crippen molar-refractivity contribution in [2.75, 3.05) is 0 Å². The van der Waals surface area contributed by atoms with Gasteiger partial charge in [-0.25, -0.2) is 4.99 Å². The molecule has 1 N–H and O–H groups in total. The molecular formula is C27H22N4O3S. The van der Waals surface area contributed by atoms with Gasteiger partial charge in [-0.05, 0) is 55.4 Å². The number of fused-ring (bicyclic) bond motifs is 1. The number of amides is 1. The van der Waals surface area contributed by atoms with Gasteiger partial charge in [-0.1, -0.05) is 48.0 Å². The van der Waals surface area contributed by atoms with Crippen molar-refractivity contribution in [2.45, 2.75) is 20.4 Å². The number of nitro benzene ring substituents is 1. The lowest BCUT2D eigenvalue weighted by Crippen LogP contribution is -2.19. The average molecular weight is 483 g/mol. The summed E-state index contributed by atoms with van der Waals surface area (Å²) >= 11 is 1.32. The Balaban J connectivity index is 1.49. The summed E-state index contributed by atoms with van der Waals surface area (Å²) in [5.41, 5.74) is 5.98. The smallest absolute Gasteiger partial charge is 0.269 e. The molecule has 0 aliphatic carbocycles. The van der Waals surface area contributed by atoms with E-state index in [0.717, 1.165) is 39.0 Å². The molecule has 4 aromatic rings. The number of rotatable bonds is 5. The molecule has 1 fully saturated rings. The van der Waals surface area contributed by atoms with Crippen LogP contribution in [0.3, 0.4) is 0 Å². The third-order valence-electron chi connectivity index (χ3n) is 5.96. The summed E-state index contributed by atoms with van der Waals surface area (Å²) in [6.45, 7) is 4.61. The fourth-order valence-electron chi connectivity index (χ4n) is 4.10. The number of benzene rings is 3. The predicted octanol–water partition coefficient (Wildman–Crippen LogP) is 6.11. The molecule has 0 unspecified atom stereocenters. The van der Waals surface area contributed by atoms with Crippen LogP contribution in [0.1, 0.15) is 22.4 Å². The number of aliphatic imine (C=N–C) groups is 1. The number of para-hydroxylation sites is 1. The summed E-state index contributed by atoms with van der Waals surface area (Å²) in [4.78, 5) is 28.4. The van der Waals surface area contributed by atoms with Gasteiger partial charge in [-0.2, -0.15) is 0 Å². The lowest BCUT2D eigenvalue weighted by Gasteiger charge is -2.09. The van der Waals surface area contributed by atoms with E-state index < -0.39 is 4.92 Å². The maximum atomic E-state index is 12.7. The van der Waals surface area contributed by atoms with Crippen molar-refractivity contribution in [3.8, 4) is 0 Å². The SMILES string of the molecule is Cc1ccc(N=C2NC(=O)/C(=C\c3c(C)n(Cc4ccc([N+](=O)[O-])cc4)c4ccccc34)S2)cc1. The van der Waals surface area contributed by atoms with Crippen LogP contribution in [0.4, 0.5) is 11.4 Å². The minimum Gasteiger partial charge on any atom is -0.340 e. The summed E-state index contributed by atoms with van der Waals surface area (Å²) in [5.74, 6) is -0.174. The van der Waals surface area contributed by atoms with Crippen LogP contribution in [0, 0.1) is 24.0 Å². The summed E-state index contributed by atoms with van der Waals surface area (Å²) < 4.78 is 2.17. The third kappa shape index (κ3) is 4.61. The number of hydrogen-bond acceptors (Lipinski definition) is 5. The van der Waals surface area contributed by atoms with Gasteiger partial charge in [0.15, 0.2) is 5.17 Å². The number of non-ortho nitro benzene ring substituents is 1. The average Bonchev–Trinajstić information content (AvgIpc) is 3.33. The zero-order chi connectivity index (χ0) is 24.5. The highest BCUT2D eigenvalue weighted by atomic mass is 32.2. The molecule has 2 heterocycles. The van der Waals surface area contributed by atoms with E-state index in [-0.39, 0.29) is 11.6 Å². The molecule has 1 aliphatic heterocycles. The molecule has 174 valence electrons. The number of nitro groups is 1. The minimum atomic E-state index is -0.398. The van der Waals surface area contributed by atoms with Crippen LogP contribution in [-0.4, -0.2) is 20.6 Å². The van der Waals surface area contributed by atoms with E-state index in [0.29, 0.717) is 16.6 Å². The number of carbonyl (C=O) groups is 1. The Morgan fingerprint density at radius 3 is 2.46 bits per heavy atom. The first-order chi connectivity index (χ1) is 16.9. The van der Waals surface area contributed by atoms with Gasteiger partial charge < -0.3 is 9.88 Å². The van der Waals surface area contributed by atoms with Gasteiger partial charge in [-0.15, -0.1) is 0 Å². The molecule has 0 bridgehead atoms. The molecule has 3 aromatic carbocycles. The number of nitrogens with one attached hydrogen (secondary N) is 1. The van der Waals surface area contributed by atoms with Crippen molar-refractivity contribution in [1.82, 2.24) is 9.88 Å². The largest absolute Gasteiger partial charge is 0.340 e. The van der Waals surface area contributed by atoms with Crippen molar-refractivity contribution >= 4 is 51.2 Å². The van der Waals surface area contributed by atoms with Gasteiger partial charge in [0.05, 0.1) is 15.5 Å². The molecule has 0 spiro atoms. The van der Waals surface area contributed by atoms with E-state index in [1.54, 1.807) is 12.1 Å². The second kappa shape index (κ2) is 9.23. The first-order valence-electron chi connectivity index (χ1n) is 11.1. The van der Waals surface area contributed by atoms with Crippen LogP contribution in [0.25, 0.3) is 17.0 Å². The van der Waals surface area contributed by atoms with E-state index in [4.69, 9.17) is 0 Å². The molecular weight excluding hydrogens is 460 g/mol. The fraction of sp³-hybridized carbons (Fsp3) is 0.111. The number of carbonyl (C=O) groups excluding carboxylic acids is 1. The van der Waals surface area contributed by atoms with Crippen molar-refractivity contribution < 1.29 is 9.72 Å². The first-order valence-corrected chi connectivity index (χ1v) is 11.9. The predicted molar refractivity (Wildman–Crippen MR) is 141 cm³/mol. The zero-order valence-corrected chi connectivity index (χ0v) is 20.0. The minimum absolute atomic E-state index is 0.0700. The van der Waals surface area contributed by atoms with Crippen LogP contribution in [-0.2, 0) is 11.3 Å². The summed E-state index contributed by atoms with van der Waals surface area (Å²) in [6, 6.07) is 22.5. The molecule has 1 saturated heterocycles.